The van der Waals surface area contributed by atoms with Crippen molar-refractivity contribution >= 4 is 126 Å². The van der Waals surface area contributed by atoms with Gasteiger partial charge in [0, 0.05) is 0 Å². The van der Waals surface area contributed by atoms with Crippen LogP contribution in [0, 0.1) is 0 Å². The molecule has 0 rings (SSSR count). The fraction of sp³-hybridized carbons (Fsp3) is 0. The van der Waals surface area contributed by atoms with E-state index in [1.165, 1.54) is 0 Å². The average molecular weight is 281 g/mol. The number of rotatable bonds is 0. The van der Waals surface area contributed by atoms with Crippen molar-refractivity contribution in [1.29, 1.82) is 0 Å². The summed E-state index contributed by atoms with van der Waals surface area (Å²) in [4.78, 5) is 0. The Kier molecular flexibility index (Phi) is 516. The molecule has 0 radical (unpaired) electrons. The summed E-state index contributed by atoms with van der Waals surface area (Å²) in [5.74, 6) is 0. The van der Waals surface area contributed by atoms with Gasteiger partial charge in [-0.3, -0.25) is 0 Å². The van der Waals surface area contributed by atoms with Gasteiger partial charge in [-0.2, -0.15) is 0 Å². The molecule has 0 aliphatic rings. The van der Waals surface area contributed by atoms with E-state index in [0.29, 0.717) is 0 Å². The van der Waals surface area contributed by atoms with Crippen molar-refractivity contribution in [2.24, 2.45) is 0 Å². The maximum atomic E-state index is 0. The quantitative estimate of drug-likeness (QED) is 0.425. The van der Waals surface area contributed by atoms with Crippen molar-refractivity contribution in [3.05, 3.63) is 0 Å². The van der Waals surface area contributed by atoms with Crippen molar-refractivity contribution in [1.82, 2.24) is 0 Å². The second-order valence-electron chi connectivity index (χ2n) is 0. The van der Waals surface area contributed by atoms with Crippen molar-refractivity contribution in [2.75, 3.05) is 0 Å². The Morgan fingerprint density at radius 2 is 0.429 bits per heavy atom. The topological polar surface area (TPSA) is 85.5 Å². The molecule has 3 nitrogen and oxygen atoms in total. The van der Waals surface area contributed by atoms with Crippen LogP contribution in [-0.2, 0) is 16.4 Å². The van der Waals surface area contributed by atoms with Crippen LogP contribution >= 0.6 is 0 Å². The summed E-state index contributed by atoms with van der Waals surface area (Å²) in [7, 11) is 0. The Bertz CT molecular complexity index is 10.9. The molecule has 0 aliphatic heterocycles. The van der Waals surface area contributed by atoms with E-state index in [1.807, 2.05) is 0 Å². The van der Waals surface area contributed by atoms with Gasteiger partial charge in [-0.1, -0.05) is 0 Å². The zero-order chi connectivity index (χ0) is 0. The molecule has 0 amide bonds. The Balaban J connectivity index is 0. The summed E-state index contributed by atoms with van der Waals surface area (Å²) < 4.78 is 0. The van der Waals surface area contributed by atoms with E-state index in [2.05, 4.69) is 0 Å². The molecule has 7 heavy (non-hydrogen) atoms. The second kappa shape index (κ2) is 51.5. The second-order valence-corrected chi connectivity index (χ2v) is 0. The van der Waals surface area contributed by atoms with E-state index in [9.17, 15) is 0 Å². The van der Waals surface area contributed by atoms with Crippen LogP contribution in [0.4, 0.5) is 0 Å². The summed E-state index contributed by atoms with van der Waals surface area (Å²) in [6.45, 7) is 0. The van der Waals surface area contributed by atoms with Crippen molar-refractivity contribution in [2.45, 2.75) is 0 Å². The van der Waals surface area contributed by atoms with E-state index >= 15 is 0 Å². The minimum atomic E-state index is 0. The van der Waals surface area contributed by atoms with Gasteiger partial charge in [-0.15, -0.1) is 0 Å². The minimum absolute atomic E-state index is 0. The fourth-order valence-electron chi connectivity index (χ4n) is 0. The molecule has 32 valence electrons. The first-order valence-electron chi connectivity index (χ1n) is 0. The van der Waals surface area contributed by atoms with E-state index < -0.39 is 0 Å². The van der Waals surface area contributed by atoms with E-state index in [0.717, 1.165) is 0 Å². The third kappa shape index (κ3) is 40.6. The molecule has 0 aliphatic carbocycles. The number of hydrogen-bond donors (Lipinski definition) is 0. The molecule has 0 N–H and O–H groups in total. The molecular weight excluding hydrogens is 277 g/mol. The third-order valence-electron chi connectivity index (χ3n) is 0. The van der Waals surface area contributed by atoms with Crippen molar-refractivity contribution < 1.29 is 16.4 Å². The third-order valence-corrected chi connectivity index (χ3v) is 0. The van der Waals surface area contributed by atoms with Gasteiger partial charge in [-0.25, -0.2) is 0 Å². The van der Waals surface area contributed by atoms with Crippen LogP contribution in [-0.4, -0.2) is 126 Å². The molecule has 0 aromatic carbocycles. The first-order valence-corrected chi connectivity index (χ1v) is 0. The number of hydrogen-bond acceptors (Lipinski definition) is 0. The molecular formula is H4Al2O3Sr2. The van der Waals surface area contributed by atoms with Crippen LogP contribution in [0.5, 0.6) is 0 Å². The Morgan fingerprint density at radius 3 is 0.429 bits per heavy atom. The van der Waals surface area contributed by atoms with Gasteiger partial charge < -0.3 is 16.4 Å². The zero-order valence-electron chi connectivity index (χ0n) is 2.38. The molecule has 0 saturated heterocycles. The molecule has 0 aromatic heterocycles. The van der Waals surface area contributed by atoms with Crippen molar-refractivity contribution in [3.63, 3.8) is 0 Å². The standard InChI is InChI=1S/2Al.3O.2Sr.4H/q2*+3;3*-2;;;;;;. The normalized spacial score (nSPS) is 0. The molecule has 0 fully saturated rings. The zero-order valence-corrected chi connectivity index (χ0v) is 4.69. The first kappa shape index (κ1) is 70.1. The predicted octanol–water partition coefficient (Wildman–Crippen LogP) is -2.95. The monoisotopic (exact) mass is 282 g/mol. The molecule has 0 atom stereocenters. The first-order chi connectivity index (χ1) is 0. The van der Waals surface area contributed by atoms with E-state index in [4.69, 9.17) is 0 Å². The molecule has 0 aromatic rings. The van der Waals surface area contributed by atoms with Crippen LogP contribution in [0.3, 0.4) is 0 Å². The van der Waals surface area contributed by atoms with Gasteiger partial charge in [0.25, 0.3) is 0 Å². The van der Waals surface area contributed by atoms with Crippen LogP contribution in [0.25, 0.3) is 0 Å². The summed E-state index contributed by atoms with van der Waals surface area (Å²) in [6.07, 6.45) is 0. The molecule has 0 spiro atoms. The van der Waals surface area contributed by atoms with Gasteiger partial charge in [-0.05, 0) is 0 Å². The van der Waals surface area contributed by atoms with Crippen LogP contribution < -0.4 is 0 Å². The van der Waals surface area contributed by atoms with Crippen LogP contribution in [0.1, 0.15) is 0 Å². The van der Waals surface area contributed by atoms with Crippen LogP contribution in [0.2, 0.25) is 0 Å². The Morgan fingerprint density at radius 1 is 0.429 bits per heavy atom. The van der Waals surface area contributed by atoms with Crippen molar-refractivity contribution in [3.8, 4) is 0 Å². The summed E-state index contributed by atoms with van der Waals surface area (Å²) in [6, 6.07) is 0. The Hall–Kier alpha value is 3.91. The fourth-order valence-corrected chi connectivity index (χ4v) is 0. The van der Waals surface area contributed by atoms with Gasteiger partial charge >= 0.3 is 126 Å². The average Bonchev–Trinajstić information content (AvgIpc) is 0. The van der Waals surface area contributed by atoms with E-state index in [1.54, 1.807) is 0 Å². The van der Waals surface area contributed by atoms with Gasteiger partial charge in [0.2, 0.25) is 0 Å². The molecule has 0 bridgehead atoms. The molecule has 0 unspecified atom stereocenters. The summed E-state index contributed by atoms with van der Waals surface area (Å²) >= 11 is 0. The SMILES string of the molecule is [Al+3].[Al+3].[O-2].[O-2].[O-2].[SrH2].[SrH2]. The van der Waals surface area contributed by atoms with Gasteiger partial charge in [0.1, 0.15) is 0 Å². The predicted molar refractivity (Wildman–Crippen MR) is 30.7 cm³/mol. The van der Waals surface area contributed by atoms with E-state index in [-0.39, 0.29) is 142 Å². The Labute approximate surface area is 138 Å². The molecule has 7 heteroatoms. The van der Waals surface area contributed by atoms with Crippen LogP contribution in [0.15, 0.2) is 0 Å². The molecule has 0 saturated carbocycles. The van der Waals surface area contributed by atoms with Gasteiger partial charge in [0.15, 0.2) is 0 Å². The molecule has 0 heterocycles. The summed E-state index contributed by atoms with van der Waals surface area (Å²) in [5, 5.41) is 0. The summed E-state index contributed by atoms with van der Waals surface area (Å²) in [5.41, 5.74) is 0. The van der Waals surface area contributed by atoms with Gasteiger partial charge in [0.05, 0.1) is 0 Å². The maximum absolute atomic E-state index is 0.